The summed E-state index contributed by atoms with van der Waals surface area (Å²) in [5, 5.41) is 10.4. The average molecular weight is 416 g/mol. The normalized spacial score (nSPS) is 19.2. The summed E-state index contributed by atoms with van der Waals surface area (Å²) in [5.41, 5.74) is 1.59. The monoisotopic (exact) mass is 414 g/mol. The molecule has 21 heavy (non-hydrogen) atoms. The Kier molecular flexibility index (Phi) is 4.38. The number of nitrogens with zero attached hydrogens (tertiary/aromatic N) is 1. The van der Waals surface area contributed by atoms with Crippen molar-refractivity contribution in [2.24, 2.45) is 0 Å². The second kappa shape index (κ2) is 6.10. The van der Waals surface area contributed by atoms with Crippen LogP contribution in [-0.2, 0) is 0 Å². The summed E-state index contributed by atoms with van der Waals surface area (Å²) in [6.45, 7) is 0.748. The van der Waals surface area contributed by atoms with Gasteiger partial charge in [-0.05, 0) is 63.3 Å². The summed E-state index contributed by atoms with van der Waals surface area (Å²) < 4.78 is 1.86. The van der Waals surface area contributed by atoms with Gasteiger partial charge in [-0.25, -0.2) is 0 Å². The molecule has 4 nitrogen and oxygen atoms in total. The summed E-state index contributed by atoms with van der Waals surface area (Å²) >= 11 is 6.94. The lowest BCUT2D eigenvalue weighted by molar-refractivity contribution is 0.0505. The predicted octanol–water partition coefficient (Wildman–Crippen LogP) is 3.68. The maximum absolute atomic E-state index is 12.8. The number of amides is 1. The van der Waals surface area contributed by atoms with E-state index in [2.05, 4.69) is 36.8 Å². The molecule has 1 atom stereocenters. The van der Waals surface area contributed by atoms with Crippen LogP contribution in [0.1, 0.15) is 29.6 Å². The number of fused-ring (bicyclic) bond motifs is 1. The molecule has 112 valence electrons. The van der Waals surface area contributed by atoms with Crippen molar-refractivity contribution in [1.29, 1.82) is 0 Å². The van der Waals surface area contributed by atoms with Gasteiger partial charge in [0.15, 0.2) is 0 Å². The zero-order valence-corrected chi connectivity index (χ0v) is 14.6. The molecule has 3 rings (SSSR count). The van der Waals surface area contributed by atoms with E-state index in [0.717, 1.165) is 39.1 Å². The van der Waals surface area contributed by atoms with E-state index in [1.54, 1.807) is 6.20 Å². The van der Waals surface area contributed by atoms with E-state index in [9.17, 15) is 9.90 Å². The van der Waals surface area contributed by atoms with Gasteiger partial charge in [0.05, 0.1) is 18.2 Å². The number of carbonyl (C=O) groups excluding carboxylic acids is 1. The van der Waals surface area contributed by atoms with E-state index in [0.29, 0.717) is 12.1 Å². The zero-order valence-electron chi connectivity index (χ0n) is 11.4. The molecule has 0 aliphatic carbocycles. The second-order valence-electron chi connectivity index (χ2n) is 5.34. The van der Waals surface area contributed by atoms with Crippen LogP contribution in [0.25, 0.3) is 10.9 Å². The lowest BCUT2D eigenvalue weighted by Gasteiger charge is -2.34. The highest BCUT2D eigenvalue weighted by Gasteiger charge is 2.28. The maximum Gasteiger partial charge on any atom is 0.256 e. The molecule has 0 spiro atoms. The highest BCUT2D eigenvalue weighted by molar-refractivity contribution is 9.13. The molecule has 6 heteroatoms. The van der Waals surface area contributed by atoms with Crippen LogP contribution in [0.5, 0.6) is 0 Å². The summed E-state index contributed by atoms with van der Waals surface area (Å²) in [6.07, 6.45) is 4.70. The third-order valence-corrected chi connectivity index (χ3v) is 5.90. The maximum atomic E-state index is 12.8. The lowest BCUT2D eigenvalue weighted by Crippen LogP contribution is -2.45. The van der Waals surface area contributed by atoms with Gasteiger partial charge >= 0.3 is 0 Å². The number of hydrogen-bond donors (Lipinski definition) is 2. The number of hydrogen-bond acceptors (Lipinski definition) is 2. The molecule has 0 bridgehead atoms. The Morgan fingerprint density at radius 1 is 1.33 bits per heavy atom. The van der Waals surface area contributed by atoms with Gasteiger partial charge in [0.1, 0.15) is 0 Å². The minimum atomic E-state index is -0.0601. The van der Waals surface area contributed by atoms with Crippen LogP contribution < -0.4 is 0 Å². The Bertz CT molecular complexity index is 684. The molecule has 2 aromatic rings. The summed E-state index contributed by atoms with van der Waals surface area (Å²) in [4.78, 5) is 17.8. The molecule has 1 amide bonds. The number of carbonyl (C=O) groups is 1. The fraction of sp³-hybridized carbons (Fsp3) is 0.400. The van der Waals surface area contributed by atoms with E-state index in [4.69, 9.17) is 0 Å². The molecular formula is C15H16Br2N2O2. The highest BCUT2D eigenvalue weighted by Crippen LogP contribution is 2.31. The number of aromatic amines is 1. The smallest absolute Gasteiger partial charge is 0.256 e. The fourth-order valence-corrected chi connectivity index (χ4v) is 3.59. The lowest BCUT2D eigenvalue weighted by atomic mass is 10.0. The third-order valence-electron chi connectivity index (χ3n) is 4.05. The number of nitrogens with one attached hydrogen (secondary N) is 1. The number of aliphatic hydroxyl groups excluding tert-OH is 1. The molecule has 1 unspecified atom stereocenters. The summed E-state index contributed by atoms with van der Waals surface area (Å²) in [6, 6.07) is 3.84. The topological polar surface area (TPSA) is 56.3 Å². The molecule has 1 aromatic heterocycles. The molecule has 1 aliphatic rings. The number of H-pyrrole nitrogens is 1. The van der Waals surface area contributed by atoms with Crippen molar-refractivity contribution in [3.63, 3.8) is 0 Å². The minimum absolute atomic E-state index is 0.00535. The number of benzene rings is 1. The number of aliphatic hydroxyl groups is 1. The van der Waals surface area contributed by atoms with Gasteiger partial charge in [-0.3, -0.25) is 4.79 Å². The van der Waals surface area contributed by atoms with Crippen LogP contribution in [0.3, 0.4) is 0 Å². The largest absolute Gasteiger partial charge is 0.394 e. The van der Waals surface area contributed by atoms with Gasteiger partial charge in [0.25, 0.3) is 5.91 Å². The molecule has 1 fully saturated rings. The van der Waals surface area contributed by atoms with Gasteiger partial charge in [0, 0.05) is 32.6 Å². The summed E-state index contributed by atoms with van der Waals surface area (Å²) in [5.74, 6) is -0.00535. The third kappa shape index (κ3) is 2.76. The fourth-order valence-electron chi connectivity index (χ4n) is 2.91. The summed E-state index contributed by atoms with van der Waals surface area (Å²) in [7, 11) is 0. The molecule has 2 heterocycles. The first kappa shape index (κ1) is 15.1. The molecule has 1 aromatic carbocycles. The molecule has 1 aliphatic heterocycles. The molecule has 2 N–H and O–H groups in total. The SMILES string of the molecule is O=C(c1c[nH]c2cc(Br)c(Br)cc12)N1CCCCC1CO. The second-order valence-corrected chi connectivity index (χ2v) is 7.05. The van der Waals surface area contributed by atoms with E-state index in [1.165, 1.54) is 0 Å². The molecular weight excluding hydrogens is 400 g/mol. The van der Waals surface area contributed by atoms with Crippen LogP contribution >= 0.6 is 31.9 Å². The quantitative estimate of drug-likeness (QED) is 0.785. The predicted molar refractivity (Wildman–Crippen MR) is 89.5 cm³/mol. The first-order chi connectivity index (χ1) is 10.1. The average Bonchev–Trinajstić information content (AvgIpc) is 2.89. The van der Waals surface area contributed by atoms with Gasteiger partial charge in [-0.15, -0.1) is 0 Å². The van der Waals surface area contributed by atoms with E-state index >= 15 is 0 Å². The van der Waals surface area contributed by atoms with Gasteiger partial charge in [-0.1, -0.05) is 0 Å². The van der Waals surface area contributed by atoms with Crippen molar-refractivity contribution < 1.29 is 9.90 Å². The first-order valence-electron chi connectivity index (χ1n) is 6.99. The van der Waals surface area contributed by atoms with Gasteiger partial charge in [0.2, 0.25) is 0 Å². The molecule has 0 saturated carbocycles. The molecule has 1 saturated heterocycles. The van der Waals surface area contributed by atoms with E-state index in [1.807, 2.05) is 17.0 Å². The van der Waals surface area contributed by atoms with Crippen LogP contribution in [0.4, 0.5) is 0 Å². The Morgan fingerprint density at radius 2 is 2.10 bits per heavy atom. The zero-order chi connectivity index (χ0) is 15.0. The van der Waals surface area contributed by atoms with Gasteiger partial charge < -0.3 is 15.0 Å². The Hall–Kier alpha value is -0.850. The Morgan fingerprint density at radius 3 is 2.86 bits per heavy atom. The number of piperidine rings is 1. The van der Waals surface area contributed by atoms with E-state index < -0.39 is 0 Å². The van der Waals surface area contributed by atoms with E-state index in [-0.39, 0.29) is 18.6 Å². The van der Waals surface area contributed by atoms with Crippen molar-refractivity contribution in [2.75, 3.05) is 13.2 Å². The Labute approximate surface area is 139 Å². The van der Waals surface area contributed by atoms with Crippen molar-refractivity contribution >= 4 is 48.7 Å². The molecule has 0 radical (unpaired) electrons. The highest BCUT2D eigenvalue weighted by atomic mass is 79.9. The van der Waals surface area contributed by atoms with Crippen molar-refractivity contribution in [3.05, 3.63) is 32.8 Å². The van der Waals surface area contributed by atoms with Gasteiger partial charge in [-0.2, -0.15) is 0 Å². The number of rotatable bonds is 2. The van der Waals surface area contributed by atoms with Crippen molar-refractivity contribution in [2.45, 2.75) is 25.3 Å². The number of aromatic nitrogens is 1. The number of likely N-dealkylation sites (tertiary alicyclic amines) is 1. The Balaban J connectivity index is 1.99. The standard InChI is InChI=1S/C15H16Br2N2O2/c16-12-5-10-11(7-18-14(10)6-13(12)17)15(21)19-4-2-1-3-9(19)8-20/h5-7,9,18,20H,1-4,8H2. The van der Waals surface area contributed by atoms with Crippen molar-refractivity contribution in [1.82, 2.24) is 9.88 Å². The van der Waals surface area contributed by atoms with Crippen molar-refractivity contribution in [3.8, 4) is 0 Å². The van der Waals surface area contributed by atoms with Crippen LogP contribution in [0.15, 0.2) is 27.3 Å². The van der Waals surface area contributed by atoms with Crippen LogP contribution in [-0.4, -0.2) is 40.1 Å². The number of halogens is 2. The minimum Gasteiger partial charge on any atom is -0.394 e. The van der Waals surface area contributed by atoms with Crippen LogP contribution in [0, 0.1) is 0 Å². The first-order valence-corrected chi connectivity index (χ1v) is 8.58. The van der Waals surface area contributed by atoms with Crippen LogP contribution in [0.2, 0.25) is 0 Å².